The molecule has 0 bridgehead atoms. The molecule has 0 amide bonds. The topological polar surface area (TPSA) is 62.0 Å². The molecule has 1 aromatic carbocycles. The Hall–Kier alpha value is -2.61. The van der Waals surface area contributed by atoms with Crippen molar-refractivity contribution in [1.82, 2.24) is 9.97 Å². The third-order valence-electron chi connectivity index (χ3n) is 2.70. The van der Waals surface area contributed by atoms with Gasteiger partial charge in [-0.05, 0) is 12.1 Å². The minimum atomic E-state index is 0.358. The van der Waals surface area contributed by atoms with Crippen molar-refractivity contribution >= 4 is 5.95 Å². The Morgan fingerprint density at radius 2 is 2.11 bits per heavy atom. The van der Waals surface area contributed by atoms with E-state index in [-0.39, 0.29) is 0 Å². The van der Waals surface area contributed by atoms with Crippen LogP contribution in [0.1, 0.15) is 11.3 Å². The van der Waals surface area contributed by atoms with Gasteiger partial charge in [0.15, 0.2) is 0 Å². The van der Waals surface area contributed by atoms with Gasteiger partial charge in [-0.15, -0.1) is 0 Å². The first-order chi connectivity index (χ1) is 9.24. The lowest BCUT2D eigenvalue weighted by atomic mass is 10.2. The largest absolute Gasteiger partial charge is 0.496 e. The number of methoxy groups -OCH3 is 1. The van der Waals surface area contributed by atoms with Crippen molar-refractivity contribution in [2.24, 2.45) is 0 Å². The van der Waals surface area contributed by atoms with E-state index in [4.69, 9.17) is 10.00 Å². The number of nitrogens with zero attached hydrogens (tertiary/aromatic N) is 4. The maximum absolute atomic E-state index is 8.84. The standard InChI is InChI=1S/C14H14N4O/c1-18(14-16-8-7-12(9-15)17-14)10-11-5-3-4-6-13(11)19-2/h3-8H,10H2,1-2H3. The van der Waals surface area contributed by atoms with Gasteiger partial charge in [0.05, 0.1) is 7.11 Å². The van der Waals surface area contributed by atoms with E-state index in [0.717, 1.165) is 11.3 Å². The van der Waals surface area contributed by atoms with Gasteiger partial charge in [-0.2, -0.15) is 5.26 Å². The minimum absolute atomic E-state index is 0.358. The van der Waals surface area contributed by atoms with Gasteiger partial charge in [0.25, 0.3) is 0 Å². The highest BCUT2D eigenvalue weighted by molar-refractivity contribution is 5.39. The van der Waals surface area contributed by atoms with E-state index < -0.39 is 0 Å². The van der Waals surface area contributed by atoms with Crippen LogP contribution in [-0.4, -0.2) is 24.1 Å². The number of hydrogen-bond acceptors (Lipinski definition) is 5. The molecular formula is C14H14N4O. The quantitative estimate of drug-likeness (QED) is 0.835. The molecule has 0 aliphatic heterocycles. The molecule has 19 heavy (non-hydrogen) atoms. The Morgan fingerprint density at radius 1 is 1.32 bits per heavy atom. The summed E-state index contributed by atoms with van der Waals surface area (Å²) in [4.78, 5) is 10.2. The summed E-state index contributed by atoms with van der Waals surface area (Å²) in [5, 5.41) is 8.84. The molecular weight excluding hydrogens is 240 g/mol. The first-order valence-electron chi connectivity index (χ1n) is 5.80. The first-order valence-corrected chi connectivity index (χ1v) is 5.80. The van der Waals surface area contributed by atoms with Crippen LogP contribution >= 0.6 is 0 Å². The maximum Gasteiger partial charge on any atom is 0.226 e. The summed E-state index contributed by atoms with van der Waals surface area (Å²) in [7, 11) is 3.52. The predicted molar refractivity (Wildman–Crippen MR) is 71.8 cm³/mol. The molecule has 5 nitrogen and oxygen atoms in total. The lowest BCUT2D eigenvalue weighted by Crippen LogP contribution is -2.19. The van der Waals surface area contributed by atoms with Crippen molar-refractivity contribution in [3.8, 4) is 11.8 Å². The molecule has 0 atom stereocenters. The number of rotatable bonds is 4. The summed E-state index contributed by atoms with van der Waals surface area (Å²) in [5.74, 6) is 1.34. The molecule has 2 aromatic rings. The Kier molecular flexibility index (Phi) is 3.94. The van der Waals surface area contributed by atoms with Crippen LogP contribution in [0.15, 0.2) is 36.5 Å². The Morgan fingerprint density at radius 3 is 2.84 bits per heavy atom. The minimum Gasteiger partial charge on any atom is -0.496 e. The molecule has 0 aliphatic rings. The summed E-state index contributed by atoms with van der Waals surface area (Å²) >= 11 is 0. The monoisotopic (exact) mass is 254 g/mol. The van der Waals surface area contributed by atoms with E-state index in [1.54, 1.807) is 19.4 Å². The highest BCUT2D eigenvalue weighted by Crippen LogP contribution is 2.20. The van der Waals surface area contributed by atoms with Gasteiger partial charge >= 0.3 is 0 Å². The lowest BCUT2D eigenvalue weighted by Gasteiger charge is -2.18. The molecule has 0 unspecified atom stereocenters. The molecule has 0 fully saturated rings. The van der Waals surface area contributed by atoms with Crippen molar-refractivity contribution in [1.29, 1.82) is 5.26 Å². The molecule has 96 valence electrons. The van der Waals surface area contributed by atoms with Crippen LogP contribution in [0, 0.1) is 11.3 Å². The predicted octanol–water partition coefficient (Wildman–Crippen LogP) is 1.99. The zero-order valence-electron chi connectivity index (χ0n) is 10.9. The van der Waals surface area contributed by atoms with Gasteiger partial charge in [0.2, 0.25) is 5.95 Å². The van der Waals surface area contributed by atoms with Gasteiger partial charge in [0, 0.05) is 25.4 Å². The van der Waals surface area contributed by atoms with Crippen LogP contribution in [-0.2, 0) is 6.54 Å². The van der Waals surface area contributed by atoms with E-state index in [0.29, 0.717) is 18.2 Å². The molecule has 5 heteroatoms. The third-order valence-corrected chi connectivity index (χ3v) is 2.70. The SMILES string of the molecule is COc1ccccc1CN(C)c1nccc(C#N)n1. The van der Waals surface area contributed by atoms with Gasteiger partial charge < -0.3 is 9.64 Å². The van der Waals surface area contributed by atoms with Gasteiger partial charge in [0.1, 0.15) is 17.5 Å². The second kappa shape index (κ2) is 5.83. The Balaban J connectivity index is 2.21. The Labute approximate surface area is 112 Å². The average Bonchev–Trinajstić information content (AvgIpc) is 2.47. The summed E-state index contributed by atoms with van der Waals surface area (Å²) in [6.07, 6.45) is 1.58. The number of hydrogen-bond donors (Lipinski definition) is 0. The van der Waals surface area contributed by atoms with E-state index in [9.17, 15) is 0 Å². The smallest absolute Gasteiger partial charge is 0.226 e. The fourth-order valence-corrected chi connectivity index (χ4v) is 1.75. The van der Waals surface area contributed by atoms with Crippen molar-refractivity contribution < 1.29 is 4.74 Å². The van der Waals surface area contributed by atoms with Crippen LogP contribution in [0.5, 0.6) is 5.75 Å². The molecule has 0 saturated heterocycles. The van der Waals surface area contributed by atoms with Crippen LogP contribution in [0.25, 0.3) is 0 Å². The van der Waals surface area contributed by atoms with E-state index in [1.165, 1.54) is 0 Å². The molecule has 0 saturated carbocycles. The number of anilines is 1. The Bertz CT molecular complexity index is 606. The van der Waals surface area contributed by atoms with Crippen LogP contribution in [0.2, 0.25) is 0 Å². The summed E-state index contributed by atoms with van der Waals surface area (Å²) in [6, 6.07) is 11.4. The van der Waals surface area contributed by atoms with E-state index >= 15 is 0 Å². The third kappa shape index (κ3) is 2.99. The molecule has 1 heterocycles. The number of ether oxygens (including phenoxy) is 1. The molecule has 0 aliphatic carbocycles. The summed E-state index contributed by atoms with van der Waals surface area (Å²) in [6.45, 7) is 0.610. The van der Waals surface area contributed by atoms with Crippen LogP contribution < -0.4 is 9.64 Å². The summed E-state index contributed by atoms with van der Waals surface area (Å²) < 4.78 is 5.31. The number of para-hydroxylation sites is 1. The number of nitriles is 1. The van der Waals surface area contributed by atoms with Gasteiger partial charge in [-0.1, -0.05) is 18.2 Å². The molecule has 0 spiro atoms. The highest BCUT2D eigenvalue weighted by Gasteiger charge is 2.09. The lowest BCUT2D eigenvalue weighted by molar-refractivity contribution is 0.409. The normalized spacial score (nSPS) is 9.74. The maximum atomic E-state index is 8.84. The van der Waals surface area contributed by atoms with E-state index in [2.05, 4.69) is 9.97 Å². The van der Waals surface area contributed by atoms with Crippen molar-refractivity contribution in [2.75, 3.05) is 19.1 Å². The first kappa shape index (κ1) is 12.8. The average molecular weight is 254 g/mol. The van der Waals surface area contributed by atoms with Crippen LogP contribution in [0.4, 0.5) is 5.95 Å². The zero-order valence-corrected chi connectivity index (χ0v) is 10.9. The van der Waals surface area contributed by atoms with Gasteiger partial charge in [-0.25, -0.2) is 9.97 Å². The summed E-state index contributed by atoms with van der Waals surface area (Å²) in [5.41, 5.74) is 1.40. The number of benzene rings is 1. The second-order valence-corrected chi connectivity index (χ2v) is 4.02. The molecule has 0 radical (unpaired) electrons. The fourth-order valence-electron chi connectivity index (χ4n) is 1.75. The van der Waals surface area contributed by atoms with Crippen molar-refractivity contribution in [3.05, 3.63) is 47.8 Å². The van der Waals surface area contributed by atoms with Crippen LogP contribution in [0.3, 0.4) is 0 Å². The highest BCUT2D eigenvalue weighted by atomic mass is 16.5. The molecule has 2 rings (SSSR count). The van der Waals surface area contributed by atoms with E-state index in [1.807, 2.05) is 42.3 Å². The van der Waals surface area contributed by atoms with Gasteiger partial charge in [-0.3, -0.25) is 0 Å². The zero-order chi connectivity index (χ0) is 13.7. The number of aromatic nitrogens is 2. The fraction of sp³-hybridized carbons (Fsp3) is 0.214. The van der Waals surface area contributed by atoms with Crippen molar-refractivity contribution in [3.63, 3.8) is 0 Å². The van der Waals surface area contributed by atoms with Crippen molar-refractivity contribution in [2.45, 2.75) is 6.54 Å². The molecule has 1 aromatic heterocycles. The second-order valence-electron chi connectivity index (χ2n) is 4.02. The molecule has 0 N–H and O–H groups in total.